The highest BCUT2D eigenvalue weighted by atomic mass is 16.6. The number of hydrogen-bond donors (Lipinski definition) is 0. The summed E-state index contributed by atoms with van der Waals surface area (Å²) in [5.74, 6) is 1.87. The first-order valence-electron chi connectivity index (χ1n) is 6.71. The summed E-state index contributed by atoms with van der Waals surface area (Å²) >= 11 is 0. The van der Waals surface area contributed by atoms with Gasteiger partial charge in [0.05, 0.1) is 23.8 Å². The van der Waals surface area contributed by atoms with Crippen molar-refractivity contribution < 1.29 is 9.47 Å². The Balaban J connectivity index is 2.30. The molecule has 2 fully saturated rings. The van der Waals surface area contributed by atoms with E-state index in [-0.39, 0.29) is 17.7 Å². The maximum absolute atomic E-state index is 6.32. The fraction of sp³-hybridized carbons (Fsp3) is 1.00. The molecule has 2 bridgehead atoms. The van der Waals surface area contributed by atoms with Crippen LogP contribution in [0.1, 0.15) is 41.0 Å². The Kier molecular flexibility index (Phi) is 3.13. The molecule has 0 amide bonds. The van der Waals surface area contributed by atoms with Gasteiger partial charge >= 0.3 is 0 Å². The predicted octanol–water partition coefficient (Wildman–Crippen LogP) is 1.82. The van der Waals surface area contributed by atoms with Gasteiger partial charge in [-0.25, -0.2) is 0 Å². The van der Waals surface area contributed by atoms with Gasteiger partial charge in [-0.3, -0.25) is 0 Å². The van der Waals surface area contributed by atoms with E-state index in [2.05, 4.69) is 42.5 Å². The topological polar surface area (TPSA) is 18.5 Å². The van der Waals surface area contributed by atoms with Crippen LogP contribution in [0.4, 0.5) is 0 Å². The number of hydrogen-bond acceptors (Lipinski definition) is 2. The van der Waals surface area contributed by atoms with E-state index in [4.69, 9.17) is 9.47 Å². The van der Waals surface area contributed by atoms with Crippen LogP contribution < -0.4 is 0 Å². The van der Waals surface area contributed by atoms with Crippen molar-refractivity contribution in [1.29, 1.82) is 0 Å². The molecular weight excluding hydrogens is 199 g/mol. The van der Waals surface area contributed by atoms with Gasteiger partial charge in [0, 0.05) is 5.92 Å². The molecule has 5 atom stereocenters. The minimum absolute atomic E-state index is 0.0214. The molecule has 0 aromatic rings. The SMILES string of the molecule is B[C@@H]1O[C@@]2(CC(C)C)C(C)O[C@H]1C2C(C)C. The molecule has 0 aliphatic carbocycles. The van der Waals surface area contributed by atoms with E-state index in [1.165, 1.54) is 0 Å². The van der Waals surface area contributed by atoms with E-state index in [1.54, 1.807) is 0 Å². The van der Waals surface area contributed by atoms with Crippen LogP contribution in [0.2, 0.25) is 0 Å². The lowest BCUT2D eigenvalue weighted by molar-refractivity contribution is -0.162. The highest BCUT2D eigenvalue weighted by molar-refractivity contribution is 6.11. The third kappa shape index (κ3) is 1.63. The summed E-state index contributed by atoms with van der Waals surface area (Å²) in [4.78, 5) is 0. The molecule has 2 nitrogen and oxygen atoms in total. The van der Waals surface area contributed by atoms with Gasteiger partial charge in [-0.1, -0.05) is 27.7 Å². The third-order valence-electron chi connectivity index (χ3n) is 4.28. The molecule has 2 unspecified atom stereocenters. The van der Waals surface area contributed by atoms with Crippen LogP contribution in [0, 0.1) is 17.8 Å². The molecule has 92 valence electrons. The van der Waals surface area contributed by atoms with Crippen LogP contribution in [-0.2, 0) is 9.47 Å². The van der Waals surface area contributed by atoms with Crippen LogP contribution >= 0.6 is 0 Å². The number of fused-ring (bicyclic) bond motifs is 2. The largest absolute Gasteiger partial charge is 0.375 e. The summed E-state index contributed by atoms with van der Waals surface area (Å²) in [6, 6.07) is 0.266. The van der Waals surface area contributed by atoms with Crippen molar-refractivity contribution in [2.75, 3.05) is 0 Å². The maximum atomic E-state index is 6.32. The van der Waals surface area contributed by atoms with Crippen molar-refractivity contribution in [3.8, 4) is 0 Å². The molecule has 2 rings (SSSR count). The van der Waals surface area contributed by atoms with Crippen molar-refractivity contribution >= 4 is 7.85 Å². The Morgan fingerprint density at radius 2 is 1.88 bits per heavy atom. The standard InChI is InChI=1S/C13H25BO2/c1-7(2)6-13-9(5)15-11(12(14)16-13)10(13)8(3)4/h7-12H,6,14H2,1-5H3/t9?,10?,11-,12+,13-/m0/s1. The summed E-state index contributed by atoms with van der Waals surface area (Å²) in [6.45, 7) is 11.3. The van der Waals surface area contributed by atoms with Crippen LogP contribution in [0.5, 0.6) is 0 Å². The van der Waals surface area contributed by atoms with Crippen LogP contribution in [0.25, 0.3) is 0 Å². The minimum atomic E-state index is -0.0214. The molecule has 0 aromatic heterocycles. The first-order chi connectivity index (χ1) is 7.38. The van der Waals surface area contributed by atoms with Gasteiger partial charge in [-0.05, 0) is 25.2 Å². The maximum Gasteiger partial charge on any atom is 0.142 e. The van der Waals surface area contributed by atoms with Gasteiger partial charge in [0.15, 0.2) is 0 Å². The van der Waals surface area contributed by atoms with Crippen LogP contribution in [-0.4, -0.2) is 31.7 Å². The molecule has 2 aliphatic heterocycles. The zero-order valence-corrected chi connectivity index (χ0v) is 11.5. The molecule has 3 heteroatoms. The molecule has 0 radical (unpaired) electrons. The summed E-state index contributed by atoms with van der Waals surface area (Å²) in [5, 5.41) is 0. The average molecular weight is 224 g/mol. The minimum Gasteiger partial charge on any atom is -0.375 e. The second-order valence-corrected chi connectivity index (χ2v) is 6.39. The van der Waals surface area contributed by atoms with Gasteiger partial charge in [-0.15, -0.1) is 0 Å². The zero-order chi connectivity index (χ0) is 12.1. The van der Waals surface area contributed by atoms with E-state index < -0.39 is 0 Å². The lowest BCUT2D eigenvalue weighted by atomic mass is 9.72. The molecular formula is C13H25BO2. The Labute approximate surface area is 100 Å². The van der Waals surface area contributed by atoms with Gasteiger partial charge in [0.2, 0.25) is 0 Å². The fourth-order valence-electron chi connectivity index (χ4n) is 3.91. The summed E-state index contributed by atoms with van der Waals surface area (Å²) < 4.78 is 12.4. The molecule has 16 heavy (non-hydrogen) atoms. The first kappa shape index (κ1) is 12.4. The van der Waals surface area contributed by atoms with E-state index in [0.717, 1.165) is 6.42 Å². The summed E-state index contributed by atoms with van der Waals surface area (Å²) in [5.41, 5.74) is -0.0214. The van der Waals surface area contributed by atoms with Crippen LogP contribution in [0.15, 0.2) is 0 Å². The lowest BCUT2D eigenvalue weighted by Gasteiger charge is -2.38. The molecule has 0 saturated carbocycles. The Hall–Kier alpha value is -0.0151. The molecule has 2 aliphatic rings. The van der Waals surface area contributed by atoms with E-state index in [9.17, 15) is 0 Å². The second kappa shape index (κ2) is 4.02. The highest BCUT2D eigenvalue weighted by Gasteiger charge is 2.63. The smallest absolute Gasteiger partial charge is 0.142 e. The van der Waals surface area contributed by atoms with Crippen molar-refractivity contribution in [2.24, 2.45) is 17.8 Å². The van der Waals surface area contributed by atoms with Gasteiger partial charge in [0.1, 0.15) is 7.85 Å². The highest BCUT2D eigenvalue weighted by Crippen LogP contribution is 2.53. The van der Waals surface area contributed by atoms with Gasteiger partial charge in [0.25, 0.3) is 0 Å². The Morgan fingerprint density at radius 3 is 2.38 bits per heavy atom. The molecule has 2 saturated heterocycles. The number of ether oxygens (including phenoxy) is 2. The van der Waals surface area contributed by atoms with Gasteiger partial charge < -0.3 is 9.47 Å². The Bertz CT molecular complexity index is 267. The molecule has 0 spiro atoms. The van der Waals surface area contributed by atoms with Crippen molar-refractivity contribution in [3.63, 3.8) is 0 Å². The summed E-state index contributed by atoms with van der Waals surface area (Å²) in [6.07, 6.45) is 1.69. The van der Waals surface area contributed by atoms with Crippen molar-refractivity contribution in [2.45, 2.75) is 64.9 Å². The fourth-order valence-corrected chi connectivity index (χ4v) is 3.91. The lowest BCUT2D eigenvalue weighted by Crippen LogP contribution is -2.47. The third-order valence-corrected chi connectivity index (χ3v) is 4.28. The van der Waals surface area contributed by atoms with E-state index >= 15 is 0 Å². The molecule has 0 N–H and O–H groups in total. The van der Waals surface area contributed by atoms with E-state index in [1.807, 2.05) is 0 Å². The van der Waals surface area contributed by atoms with Crippen molar-refractivity contribution in [3.05, 3.63) is 0 Å². The molecule has 0 aromatic carbocycles. The normalized spacial score (nSPS) is 47.2. The zero-order valence-electron chi connectivity index (χ0n) is 11.5. The second-order valence-electron chi connectivity index (χ2n) is 6.39. The average Bonchev–Trinajstić information content (AvgIpc) is 2.51. The monoisotopic (exact) mass is 224 g/mol. The predicted molar refractivity (Wildman–Crippen MR) is 68.3 cm³/mol. The van der Waals surface area contributed by atoms with Crippen molar-refractivity contribution in [1.82, 2.24) is 0 Å². The number of rotatable bonds is 3. The Morgan fingerprint density at radius 1 is 1.25 bits per heavy atom. The first-order valence-corrected chi connectivity index (χ1v) is 6.71. The molecule has 2 heterocycles. The van der Waals surface area contributed by atoms with Gasteiger partial charge in [-0.2, -0.15) is 0 Å². The summed E-state index contributed by atoms with van der Waals surface area (Å²) in [7, 11) is 2.16. The van der Waals surface area contributed by atoms with Crippen LogP contribution in [0.3, 0.4) is 0 Å². The quantitative estimate of drug-likeness (QED) is 0.681. The van der Waals surface area contributed by atoms with E-state index in [0.29, 0.717) is 23.9 Å².